The molecule has 0 spiro atoms. The van der Waals surface area contributed by atoms with Crippen molar-refractivity contribution in [2.24, 2.45) is 0 Å². The van der Waals surface area contributed by atoms with Gasteiger partial charge in [-0.15, -0.1) is 0 Å². The van der Waals surface area contributed by atoms with Crippen molar-refractivity contribution in [1.82, 2.24) is 64.2 Å². The third-order valence-electron chi connectivity index (χ3n) is 25.7. The number of aromatic nitrogens is 6. The number of aryl methyl sites for hydroxylation is 1. The molecular weight excluding hydrogens is 1640 g/mol. The van der Waals surface area contributed by atoms with Gasteiger partial charge in [0.1, 0.15) is 49.1 Å². The number of alkyl halides is 3. The lowest BCUT2D eigenvalue weighted by atomic mass is 10.0. The summed E-state index contributed by atoms with van der Waals surface area (Å²) < 4.78 is 75.0. The second-order valence-corrected chi connectivity index (χ2v) is 34.7. The second kappa shape index (κ2) is 41.6. The first-order valence-corrected chi connectivity index (χ1v) is 44.0. The molecular formula is C91H114Cl2F4N22O6. The van der Waals surface area contributed by atoms with Crippen LogP contribution >= 0.6 is 23.2 Å². The lowest BCUT2D eigenvalue weighted by Gasteiger charge is -2.42. The van der Waals surface area contributed by atoms with Crippen molar-refractivity contribution in [3.8, 4) is 30.2 Å². The highest BCUT2D eigenvalue weighted by Crippen LogP contribution is 2.45. The van der Waals surface area contributed by atoms with Crippen molar-refractivity contribution in [2.45, 2.75) is 153 Å². The number of piperazine rings is 3. The normalized spacial score (nSPS) is 21.1. The summed E-state index contributed by atoms with van der Waals surface area (Å²) in [6.45, 7) is 33.6. The number of carbonyl (C=O) groups is 3. The Labute approximate surface area is 741 Å². The molecule has 3 aromatic carbocycles. The summed E-state index contributed by atoms with van der Waals surface area (Å²) in [5.74, 6) is 1.68. The van der Waals surface area contributed by atoms with E-state index in [0.29, 0.717) is 153 Å². The van der Waals surface area contributed by atoms with E-state index >= 15 is 0 Å². The van der Waals surface area contributed by atoms with Gasteiger partial charge < -0.3 is 82.8 Å². The van der Waals surface area contributed by atoms with Crippen molar-refractivity contribution in [3.63, 3.8) is 0 Å². The van der Waals surface area contributed by atoms with Crippen molar-refractivity contribution in [3.05, 3.63) is 169 Å². The summed E-state index contributed by atoms with van der Waals surface area (Å²) in [6, 6.07) is 19.1. The fraction of sp³-hybridized carbons (Fsp3) is 0.538. The molecule has 6 atom stereocenters. The number of likely N-dealkylation sites (N-methyl/N-ethyl adjacent to an activating group) is 4. The standard InChI is InChI=1S/C32H40ClF3N8O2.C30H38FN7O2.C29H36ClN7O2/c1-37-18-23-19-43(16-17-44(23)28(45)11-7-13-40(2)3)30-24-12-15-42(27-10-5-9-25(33)29(27)32(34,35)36)20-26(24)38-31(39-30)46-21-22-8-6-14-41(22)4;1-5-28(39)38-16-15-37(17-22(38)10-12-32)29-24-11-14-36(27-9-8-25(31)20(2)21(27)3)18-26(24)33-30(34-29)40-19-23-7-6-13-35(23)4;1-4-26(38)37-16-15-36(17-21(37)10-12-31)28-23-11-14-35(25-9-5-7-20(2)27(25)30)18-24(23)32-29(33-28)39-19-22-8-6-13-34(22)3/h5,7,9-11,22-23H,6,8,12-21H2,2-4H3;5,8-9,22-23H,1,6-7,10-11,13-19H2,2-4H3;4-5,7,9,21-22H,1,6,8,10-11,13-19H2,2-3H3/b11-7+;;/t22-,23+;22-,23-;21-,22-/m100/s1. The maximum atomic E-state index is 14.2. The molecule has 0 saturated carbocycles. The van der Waals surface area contributed by atoms with Crippen molar-refractivity contribution in [2.75, 3.05) is 196 Å². The zero-order chi connectivity index (χ0) is 88.9. The van der Waals surface area contributed by atoms with Crippen LogP contribution in [0.2, 0.25) is 10.0 Å². The lowest BCUT2D eigenvalue weighted by molar-refractivity contribution is -0.137. The Morgan fingerprint density at radius 3 is 1.37 bits per heavy atom. The molecule has 12 heterocycles. The summed E-state index contributed by atoms with van der Waals surface area (Å²) >= 11 is 12.8. The summed E-state index contributed by atoms with van der Waals surface area (Å²) in [4.78, 5) is 97.5. The van der Waals surface area contributed by atoms with Gasteiger partial charge in [0.05, 0.1) is 101 Å². The van der Waals surface area contributed by atoms with Crippen LogP contribution in [0.1, 0.15) is 107 Å². The van der Waals surface area contributed by atoms with Gasteiger partial charge in [0.25, 0.3) is 0 Å². The van der Waals surface area contributed by atoms with E-state index in [-0.39, 0.29) is 90.4 Å². The van der Waals surface area contributed by atoms with Crippen LogP contribution in [0.3, 0.4) is 0 Å². The Balaban J connectivity index is 0.000000162. The Bertz CT molecular complexity index is 5060. The Hall–Kier alpha value is -10.7. The maximum Gasteiger partial charge on any atom is 0.419 e. The number of hydrogen-bond donors (Lipinski definition) is 0. The molecule has 6 saturated heterocycles. The molecule has 9 aliphatic heterocycles. The van der Waals surface area contributed by atoms with E-state index in [4.69, 9.17) is 73.9 Å². The molecule has 15 rings (SSSR count). The Morgan fingerprint density at radius 2 is 0.960 bits per heavy atom. The third-order valence-corrected chi connectivity index (χ3v) is 26.5. The van der Waals surface area contributed by atoms with Gasteiger partial charge >= 0.3 is 24.2 Å². The number of anilines is 6. The number of amides is 3. The maximum absolute atomic E-state index is 14.2. The minimum atomic E-state index is -4.62. The van der Waals surface area contributed by atoms with E-state index < -0.39 is 11.7 Å². The predicted octanol–water partition coefficient (Wildman–Crippen LogP) is 11.2. The van der Waals surface area contributed by atoms with Crippen LogP contribution in [0.25, 0.3) is 4.85 Å². The topological polar surface area (TPSA) is 250 Å². The number of nitrogens with zero attached hydrogens (tertiary/aromatic N) is 22. The molecule has 34 heteroatoms. The van der Waals surface area contributed by atoms with Crippen LogP contribution in [0.4, 0.5) is 52.1 Å². The number of benzene rings is 3. The fourth-order valence-corrected chi connectivity index (χ4v) is 18.9. The van der Waals surface area contributed by atoms with Gasteiger partial charge in [0.2, 0.25) is 24.3 Å². The molecule has 666 valence electrons. The van der Waals surface area contributed by atoms with Crippen molar-refractivity contribution < 1.29 is 46.2 Å². The number of ether oxygens (including phenoxy) is 3. The van der Waals surface area contributed by atoms with Gasteiger partial charge in [-0.2, -0.15) is 53.6 Å². The van der Waals surface area contributed by atoms with Gasteiger partial charge in [-0.05, 0) is 193 Å². The van der Waals surface area contributed by atoms with Gasteiger partial charge in [-0.3, -0.25) is 14.4 Å². The van der Waals surface area contributed by atoms with E-state index in [1.165, 1.54) is 42.8 Å². The first-order valence-electron chi connectivity index (χ1n) is 43.3. The minimum absolute atomic E-state index is 0.00688. The molecule has 0 unspecified atom stereocenters. The molecule has 0 aliphatic carbocycles. The molecule has 9 aliphatic rings. The summed E-state index contributed by atoms with van der Waals surface area (Å²) in [5, 5.41) is 19.3. The zero-order valence-electron chi connectivity index (χ0n) is 72.9. The number of carbonyl (C=O) groups excluding carboxylic acids is 3. The molecule has 6 fully saturated rings. The van der Waals surface area contributed by atoms with Crippen LogP contribution in [0.15, 0.2) is 86.0 Å². The van der Waals surface area contributed by atoms with E-state index in [1.54, 1.807) is 25.7 Å². The average Bonchev–Trinajstić information content (AvgIpc) is 0.966. The summed E-state index contributed by atoms with van der Waals surface area (Å²) in [6.07, 6.45) is 10.3. The fourth-order valence-electron chi connectivity index (χ4n) is 18.4. The summed E-state index contributed by atoms with van der Waals surface area (Å²) in [5.41, 5.74) is 9.20. The van der Waals surface area contributed by atoms with Gasteiger partial charge in [-0.1, -0.05) is 60.6 Å². The van der Waals surface area contributed by atoms with Crippen LogP contribution < -0.4 is 43.6 Å². The summed E-state index contributed by atoms with van der Waals surface area (Å²) in [7, 11) is 10.1. The molecule has 6 aromatic rings. The monoisotopic (exact) mass is 1760 g/mol. The first kappa shape index (κ1) is 92.0. The van der Waals surface area contributed by atoms with Gasteiger partial charge in [0, 0.05) is 132 Å². The first-order chi connectivity index (χ1) is 60.1. The largest absolute Gasteiger partial charge is 0.462 e. The highest BCUT2D eigenvalue weighted by atomic mass is 35.5. The Kier molecular flexibility index (Phi) is 30.7. The lowest BCUT2D eigenvalue weighted by Crippen LogP contribution is -2.56. The Morgan fingerprint density at radius 1 is 0.544 bits per heavy atom. The minimum Gasteiger partial charge on any atom is -0.462 e. The molecule has 0 radical (unpaired) electrons. The molecule has 3 aromatic heterocycles. The van der Waals surface area contributed by atoms with E-state index in [9.17, 15) is 42.5 Å². The molecule has 125 heavy (non-hydrogen) atoms. The quantitative estimate of drug-likeness (QED) is 0.0328. The van der Waals surface area contributed by atoms with E-state index in [2.05, 4.69) is 96.5 Å². The highest BCUT2D eigenvalue weighted by Gasteiger charge is 2.42. The van der Waals surface area contributed by atoms with Gasteiger partial charge in [-0.25, -0.2) is 11.0 Å². The highest BCUT2D eigenvalue weighted by molar-refractivity contribution is 6.34. The van der Waals surface area contributed by atoms with Crippen LogP contribution in [-0.2, 0) is 59.5 Å². The number of fused-ring (bicyclic) bond motifs is 3. The number of rotatable bonds is 23. The molecule has 3 amide bonds. The molecule has 0 bridgehead atoms. The molecule has 28 nitrogen and oxygen atoms in total. The van der Waals surface area contributed by atoms with Crippen LogP contribution in [0.5, 0.6) is 18.0 Å². The average molecular weight is 1760 g/mol. The van der Waals surface area contributed by atoms with Gasteiger partial charge in [0.15, 0.2) is 0 Å². The second-order valence-electron chi connectivity index (χ2n) is 33.9. The van der Waals surface area contributed by atoms with E-state index in [0.717, 1.165) is 145 Å². The number of likely N-dealkylation sites (tertiary alicyclic amines) is 3. The SMILES string of the molecule is C=CC(=O)N1CCN(c2nc(OC[C@@H]3CCCN3C)nc3c2CCN(c2ccc(F)c(C)c2C)C3)C[C@@H]1CC#N.C=CC(=O)N1CCN(c2nc(OC[C@@H]3CCCN3C)nc3c2CCN(c2cccc(C)c2Cl)C3)C[C@@H]1CC#N.[C-]#[N+]C[C@H]1CN(c2nc(OC[C@H]3CCCN3C)nc3c2CCN(c2cccc(Cl)c2C(F)(F)F)C3)CCN1C(=O)/C=C/CN(C)C. The number of nitriles is 2. The molecule has 0 N–H and O–H groups in total. The third kappa shape index (κ3) is 21.7. The van der Waals surface area contributed by atoms with Crippen molar-refractivity contribution in [1.29, 1.82) is 10.5 Å². The number of hydrogen-bond acceptors (Lipinski definition) is 24. The van der Waals surface area contributed by atoms with E-state index in [1.807, 2.05) is 64.0 Å². The smallest absolute Gasteiger partial charge is 0.419 e. The van der Waals surface area contributed by atoms with Crippen molar-refractivity contribution >= 4 is 75.4 Å². The number of halogens is 6. The zero-order valence-corrected chi connectivity index (χ0v) is 74.4. The van der Waals surface area contributed by atoms with Crippen LogP contribution in [-0.4, -0.2) is 284 Å². The van der Waals surface area contributed by atoms with Crippen LogP contribution in [0, 0.1) is 55.8 Å². The predicted molar refractivity (Wildman–Crippen MR) is 475 cm³/mol.